The van der Waals surface area contributed by atoms with Crippen molar-refractivity contribution in [2.24, 2.45) is 0 Å². The van der Waals surface area contributed by atoms with Crippen molar-refractivity contribution in [3.05, 3.63) is 53.0 Å². The number of hydrogen-bond acceptors (Lipinski definition) is 8. The Bertz CT molecular complexity index is 1020. The van der Waals surface area contributed by atoms with E-state index in [1.165, 1.54) is 18.2 Å². The Morgan fingerprint density at radius 2 is 1.94 bits per heavy atom. The number of anilines is 1. The minimum absolute atomic E-state index is 0.0651. The third kappa shape index (κ3) is 4.43. The number of nitrogens with zero attached hydrogens (tertiary/aromatic N) is 3. The van der Waals surface area contributed by atoms with Gasteiger partial charge in [-0.1, -0.05) is 0 Å². The Labute approximate surface area is 179 Å². The average molecular weight is 428 g/mol. The zero-order valence-corrected chi connectivity index (χ0v) is 17.5. The summed E-state index contributed by atoms with van der Waals surface area (Å²) >= 11 is 0. The van der Waals surface area contributed by atoms with Gasteiger partial charge in [0.25, 0.3) is 5.91 Å². The van der Waals surface area contributed by atoms with Crippen LogP contribution in [0.15, 0.2) is 41.7 Å². The molecule has 0 atom stereocenters. The van der Waals surface area contributed by atoms with E-state index in [0.717, 1.165) is 0 Å². The molecule has 0 radical (unpaired) electrons. The molecule has 1 aromatic carbocycles. The second-order valence-corrected chi connectivity index (χ2v) is 6.74. The largest absolute Gasteiger partial charge is 0.466 e. The maximum absolute atomic E-state index is 12.6. The highest BCUT2D eigenvalue weighted by Crippen LogP contribution is 2.24. The van der Waals surface area contributed by atoms with Crippen LogP contribution in [-0.4, -0.2) is 71.0 Å². The number of nitrogens with one attached hydrogen (secondary N) is 1. The van der Waals surface area contributed by atoms with E-state index in [-0.39, 0.29) is 43.5 Å². The third-order valence-electron chi connectivity index (χ3n) is 4.84. The van der Waals surface area contributed by atoms with Gasteiger partial charge in [0.1, 0.15) is 11.3 Å². The number of ether oxygens (including phenoxy) is 2. The van der Waals surface area contributed by atoms with E-state index in [4.69, 9.17) is 14.6 Å². The maximum atomic E-state index is 12.6. The van der Waals surface area contributed by atoms with E-state index in [1.807, 2.05) is 0 Å². The maximum Gasteiger partial charge on any atom is 0.341 e. The molecule has 1 amide bonds. The Morgan fingerprint density at radius 3 is 2.55 bits per heavy atom. The number of benzene rings is 1. The van der Waals surface area contributed by atoms with Gasteiger partial charge >= 0.3 is 11.9 Å². The number of methoxy groups -OCH3 is 1. The van der Waals surface area contributed by atoms with Crippen molar-refractivity contribution in [2.75, 3.05) is 38.7 Å². The molecule has 2 N–H and O–H groups in total. The van der Waals surface area contributed by atoms with Gasteiger partial charge in [0, 0.05) is 12.2 Å². The molecule has 2 aromatic rings. The number of esters is 2. The molecule has 2 heterocycles. The lowest BCUT2D eigenvalue weighted by Gasteiger charge is -2.15. The van der Waals surface area contributed by atoms with Crippen molar-refractivity contribution < 1.29 is 29.0 Å². The van der Waals surface area contributed by atoms with Crippen LogP contribution in [0.4, 0.5) is 5.69 Å². The molecule has 10 nitrogen and oxygen atoms in total. The lowest BCUT2D eigenvalue weighted by atomic mass is 10.2. The molecule has 31 heavy (non-hydrogen) atoms. The molecule has 0 aliphatic carbocycles. The molecular formula is C21H24N4O6. The number of carbonyl (C=O) groups is 3. The summed E-state index contributed by atoms with van der Waals surface area (Å²) in [5.74, 6) is -1.42. The summed E-state index contributed by atoms with van der Waals surface area (Å²) in [6.45, 7) is 3.76. The monoisotopic (exact) mass is 428 g/mol. The first-order chi connectivity index (χ1) is 14.9. The molecule has 164 valence electrons. The first-order valence-electron chi connectivity index (χ1n) is 9.72. The predicted molar refractivity (Wildman–Crippen MR) is 111 cm³/mol. The number of aliphatic hydroxyl groups excluding tert-OH is 1. The van der Waals surface area contributed by atoms with Gasteiger partial charge in [-0.3, -0.25) is 4.79 Å². The molecular weight excluding hydrogens is 404 g/mol. The van der Waals surface area contributed by atoms with E-state index in [1.54, 1.807) is 42.8 Å². The van der Waals surface area contributed by atoms with E-state index >= 15 is 0 Å². The van der Waals surface area contributed by atoms with Crippen molar-refractivity contribution >= 4 is 23.5 Å². The molecule has 0 unspecified atom stereocenters. The quantitative estimate of drug-likeness (QED) is 0.598. The van der Waals surface area contributed by atoms with Gasteiger partial charge in [0.15, 0.2) is 0 Å². The number of carbonyl (C=O) groups excluding carboxylic acids is 3. The van der Waals surface area contributed by atoms with E-state index in [0.29, 0.717) is 22.6 Å². The van der Waals surface area contributed by atoms with Crippen LogP contribution in [0.3, 0.4) is 0 Å². The van der Waals surface area contributed by atoms with Crippen LogP contribution in [0.5, 0.6) is 0 Å². The van der Waals surface area contributed by atoms with E-state index in [9.17, 15) is 14.4 Å². The van der Waals surface area contributed by atoms with E-state index in [2.05, 4.69) is 10.4 Å². The first-order valence-corrected chi connectivity index (χ1v) is 9.72. The number of rotatable bonds is 8. The number of β-amino-alcohol motifs (C(OH)–C–C–N with tert-alkyl or cyclic N) is 1. The van der Waals surface area contributed by atoms with Gasteiger partial charge in [-0.15, -0.1) is 0 Å². The van der Waals surface area contributed by atoms with Gasteiger partial charge in [-0.2, -0.15) is 5.10 Å². The molecule has 0 saturated carbocycles. The summed E-state index contributed by atoms with van der Waals surface area (Å²) in [6, 6.07) is 6.98. The van der Waals surface area contributed by atoms with Crippen LogP contribution in [0.1, 0.15) is 23.0 Å². The highest BCUT2D eigenvalue weighted by molar-refractivity contribution is 6.08. The molecule has 1 aromatic heterocycles. The highest BCUT2D eigenvalue weighted by Gasteiger charge is 2.34. The summed E-state index contributed by atoms with van der Waals surface area (Å²) in [6.07, 6.45) is 1.46. The van der Waals surface area contributed by atoms with Gasteiger partial charge < -0.3 is 24.8 Å². The standard InChI is InChI=1S/C21H24N4O6/c1-4-31-21(29)16-11-22-25(13(16)2)15-7-5-14(6-8-15)23-18-17(20(28)30-3)12-24(9-10-26)19(18)27/h5-8,11,23,26H,4,9-10,12H2,1-3H3. The molecule has 1 aliphatic heterocycles. The highest BCUT2D eigenvalue weighted by atomic mass is 16.5. The molecule has 10 heteroatoms. The average Bonchev–Trinajstić information content (AvgIpc) is 3.29. The lowest BCUT2D eigenvalue weighted by Crippen LogP contribution is -2.31. The molecule has 0 bridgehead atoms. The number of aliphatic hydroxyl groups is 1. The van der Waals surface area contributed by atoms with Crippen molar-refractivity contribution in [1.82, 2.24) is 14.7 Å². The van der Waals surface area contributed by atoms with E-state index < -0.39 is 11.9 Å². The third-order valence-corrected chi connectivity index (χ3v) is 4.84. The van der Waals surface area contributed by atoms with Crippen LogP contribution in [0.2, 0.25) is 0 Å². The predicted octanol–water partition coefficient (Wildman–Crippen LogP) is 1.03. The van der Waals surface area contributed by atoms with Crippen molar-refractivity contribution in [3.8, 4) is 5.69 Å². The van der Waals surface area contributed by atoms with Gasteiger partial charge in [-0.25, -0.2) is 14.3 Å². The normalized spacial score (nSPS) is 13.5. The fourth-order valence-electron chi connectivity index (χ4n) is 3.26. The van der Waals surface area contributed by atoms with Gasteiger partial charge in [0.05, 0.1) is 50.0 Å². The minimum atomic E-state index is -0.605. The summed E-state index contributed by atoms with van der Waals surface area (Å²) in [4.78, 5) is 38.1. The zero-order valence-electron chi connectivity index (χ0n) is 17.5. The minimum Gasteiger partial charge on any atom is -0.466 e. The lowest BCUT2D eigenvalue weighted by molar-refractivity contribution is -0.136. The number of aromatic nitrogens is 2. The smallest absolute Gasteiger partial charge is 0.341 e. The van der Waals surface area contributed by atoms with Crippen LogP contribution < -0.4 is 5.32 Å². The summed E-state index contributed by atoms with van der Waals surface area (Å²) < 4.78 is 11.4. The summed E-state index contributed by atoms with van der Waals surface area (Å²) in [5, 5.41) is 16.4. The second kappa shape index (κ2) is 9.43. The summed E-state index contributed by atoms with van der Waals surface area (Å²) in [5.41, 5.74) is 2.63. The molecule has 0 saturated heterocycles. The molecule has 0 fully saturated rings. The topological polar surface area (TPSA) is 123 Å². The van der Waals surface area contributed by atoms with Crippen molar-refractivity contribution in [2.45, 2.75) is 13.8 Å². The van der Waals surface area contributed by atoms with Crippen molar-refractivity contribution in [1.29, 1.82) is 0 Å². The Hall–Kier alpha value is -3.66. The first kappa shape index (κ1) is 22.0. The Morgan fingerprint density at radius 1 is 1.23 bits per heavy atom. The van der Waals surface area contributed by atoms with Crippen LogP contribution >= 0.6 is 0 Å². The van der Waals surface area contributed by atoms with Crippen LogP contribution in [-0.2, 0) is 19.1 Å². The Balaban J connectivity index is 1.83. The van der Waals surface area contributed by atoms with Crippen LogP contribution in [0, 0.1) is 6.92 Å². The van der Waals surface area contributed by atoms with Gasteiger partial charge in [0.2, 0.25) is 0 Å². The Kier molecular flexibility index (Phi) is 6.71. The second-order valence-electron chi connectivity index (χ2n) is 6.74. The number of amides is 1. The molecule has 1 aliphatic rings. The summed E-state index contributed by atoms with van der Waals surface area (Å²) in [7, 11) is 1.25. The van der Waals surface area contributed by atoms with Crippen LogP contribution in [0.25, 0.3) is 5.69 Å². The molecule has 3 rings (SSSR count). The van der Waals surface area contributed by atoms with Crippen molar-refractivity contribution in [3.63, 3.8) is 0 Å². The zero-order chi connectivity index (χ0) is 22.5. The fraction of sp³-hybridized carbons (Fsp3) is 0.333. The fourth-order valence-corrected chi connectivity index (χ4v) is 3.26. The van der Waals surface area contributed by atoms with Gasteiger partial charge in [-0.05, 0) is 38.1 Å². The molecule has 0 spiro atoms. The SMILES string of the molecule is CCOC(=O)c1cnn(-c2ccc(NC3=C(C(=O)OC)CN(CCO)C3=O)cc2)c1C. The number of hydrogen-bond donors (Lipinski definition) is 2.